The smallest absolute Gasteiger partial charge is 0.0719 e. The van der Waals surface area contributed by atoms with Gasteiger partial charge in [0.25, 0.3) is 0 Å². The first kappa shape index (κ1) is 59.3. The Morgan fingerprint density at radius 1 is 0.388 bits per heavy atom. The van der Waals surface area contributed by atoms with Gasteiger partial charge in [-0.15, -0.1) is 0 Å². The third-order valence-corrected chi connectivity index (χ3v) is 21.7. The number of unbranched alkanes of at least 4 members (excludes halogenated alkanes) is 6. The molecule has 4 aliphatic rings. The third-order valence-electron chi connectivity index (χ3n) is 21.7. The minimum absolute atomic E-state index is 0.0503. The molecule has 4 aliphatic carbocycles. The first-order chi connectivity index (χ1) is 40.4. The maximum Gasteiger partial charge on any atom is 0.0719 e. The van der Waals surface area contributed by atoms with Crippen LogP contribution in [0.25, 0.3) is 77.8 Å². The molecule has 1 heterocycles. The molecular weight excluding hydrogens is 1020 g/mol. The van der Waals surface area contributed by atoms with Gasteiger partial charge in [-0.1, -0.05) is 270 Å². The van der Waals surface area contributed by atoms with Crippen LogP contribution in [0, 0.1) is 22.7 Å². The zero-order chi connectivity index (χ0) is 59.9. The summed E-state index contributed by atoms with van der Waals surface area (Å²) in [6, 6.07) is 60.7. The van der Waals surface area contributed by atoms with Crippen LogP contribution in [-0.2, 0) is 27.1 Å². The highest BCUT2D eigenvalue weighted by Gasteiger charge is 2.66. The Morgan fingerprint density at radius 3 is 1.36 bits per heavy atom. The van der Waals surface area contributed by atoms with Gasteiger partial charge in [0.15, 0.2) is 0 Å². The van der Waals surface area contributed by atoms with Crippen LogP contribution in [0.5, 0.6) is 0 Å². The standard InChI is InChI=1S/C84H101N/c1-15-17-19-21-27-56-50-83-51-57(28-22-20-18-16-2)53-84(83,52-56)75-46-60(37-42-68(75)66-29-24-26-32-73(66)83)76-48-69(71-47-70-67-30-23-25-31-72(67)82(13,14)74(70)49-77(71)85-76)63-44-61(58-33-38-64(39-34-58)80(9,10)54-78(3,4)5)43-62(45-63)59-35-40-65(41-36-59)81(11,12)55-79(6,7)8/h23-26,29-49,56-57H,15-22,27-28,50-55H2,1-14H3. The zero-order valence-corrected chi connectivity index (χ0v) is 54.8. The fourth-order valence-corrected chi connectivity index (χ4v) is 18.6. The van der Waals surface area contributed by atoms with Crippen LogP contribution >= 0.6 is 0 Å². The summed E-state index contributed by atoms with van der Waals surface area (Å²) < 4.78 is 0. The van der Waals surface area contributed by atoms with Crippen molar-refractivity contribution in [3.63, 3.8) is 0 Å². The molecule has 2 atom stereocenters. The number of nitrogens with zero attached hydrogens (tertiary/aromatic N) is 1. The Bertz CT molecular complexity index is 3630. The Kier molecular flexibility index (Phi) is 15.5. The molecule has 12 rings (SSSR count). The second kappa shape index (κ2) is 22.3. The van der Waals surface area contributed by atoms with Crippen molar-refractivity contribution in [1.29, 1.82) is 0 Å². The molecule has 0 bridgehead atoms. The number of fused-ring (bicyclic) bond motifs is 7. The molecule has 85 heavy (non-hydrogen) atoms. The van der Waals surface area contributed by atoms with Crippen molar-refractivity contribution in [2.45, 2.75) is 227 Å². The van der Waals surface area contributed by atoms with Crippen molar-refractivity contribution in [1.82, 2.24) is 4.98 Å². The number of aromatic nitrogens is 1. The molecule has 442 valence electrons. The number of pyridine rings is 1. The van der Waals surface area contributed by atoms with E-state index in [2.05, 4.69) is 249 Å². The first-order valence-electron chi connectivity index (χ1n) is 33.6. The predicted molar refractivity (Wildman–Crippen MR) is 367 cm³/mol. The van der Waals surface area contributed by atoms with Crippen LogP contribution in [-0.4, -0.2) is 4.98 Å². The predicted octanol–water partition coefficient (Wildman–Crippen LogP) is 24.6. The van der Waals surface area contributed by atoms with E-state index in [4.69, 9.17) is 4.98 Å². The van der Waals surface area contributed by atoms with E-state index in [0.29, 0.717) is 0 Å². The summed E-state index contributed by atoms with van der Waals surface area (Å²) in [7, 11) is 0. The Balaban J connectivity index is 1.06. The van der Waals surface area contributed by atoms with Crippen molar-refractivity contribution >= 4 is 10.9 Å². The van der Waals surface area contributed by atoms with E-state index in [1.807, 2.05) is 0 Å². The topological polar surface area (TPSA) is 12.9 Å². The summed E-state index contributed by atoms with van der Waals surface area (Å²) in [5, 5.41) is 1.21. The molecule has 1 heteroatoms. The van der Waals surface area contributed by atoms with Gasteiger partial charge in [0.1, 0.15) is 0 Å². The Labute approximate surface area is 514 Å². The third kappa shape index (κ3) is 11.0. The van der Waals surface area contributed by atoms with Crippen molar-refractivity contribution in [2.24, 2.45) is 22.7 Å². The summed E-state index contributed by atoms with van der Waals surface area (Å²) in [5.41, 5.74) is 26.0. The molecule has 0 radical (unpaired) electrons. The van der Waals surface area contributed by atoms with Gasteiger partial charge < -0.3 is 0 Å². The van der Waals surface area contributed by atoms with Gasteiger partial charge in [0.2, 0.25) is 0 Å². The normalized spacial score (nSPS) is 20.4. The molecule has 0 N–H and O–H groups in total. The minimum atomic E-state index is -0.154. The molecule has 1 nitrogen and oxygen atoms in total. The van der Waals surface area contributed by atoms with E-state index in [1.165, 1.54) is 179 Å². The molecule has 0 saturated heterocycles. The lowest BCUT2D eigenvalue weighted by Gasteiger charge is -2.47. The van der Waals surface area contributed by atoms with Crippen molar-refractivity contribution in [3.05, 3.63) is 185 Å². The summed E-state index contributed by atoms with van der Waals surface area (Å²) in [6.45, 7) is 33.4. The maximum atomic E-state index is 5.92. The zero-order valence-electron chi connectivity index (χ0n) is 54.8. The number of hydrogen-bond acceptors (Lipinski definition) is 1. The average Bonchev–Trinajstić information content (AvgIpc) is 1.54. The molecule has 0 aliphatic heterocycles. The molecule has 7 aromatic carbocycles. The Hall–Kier alpha value is -6.05. The minimum Gasteiger partial charge on any atom is -0.248 e. The quantitative estimate of drug-likeness (QED) is 0.0781. The summed E-state index contributed by atoms with van der Waals surface area (Å²) >= 11 is 0. The van der Waals surface area contributed by atoms with E-state index in [9.17, 15) is 0 Å². The Morgan fingerprint density at radius 2 is 0.847 bits per heavy atom. The first-order valence-corrected chi connectivity index (χ1v) is 33.6. The molecule has 1 aromatic heterocycles. The average molecular weight is 1120 g/mol. The maximum absolute atomic E-state index is 5.92. The lowest BCUT2D eigenvalue weighted by molar-refractivity contribution is 0.283. The lowest BCUT2D eigenvalue weighted by atomic mass is 9.55. The lowest BCUT2D eigenvalue weighted by Crippen LogP contribution is -2.43. The van der Waals surface area contributed by atoms with Crippen LogP contribution in [0.2, 0.25) is 0 Å². The van der Waals surface area contributed by atoms with Crippen LogP contribution in [0.4, 0.5) is 0 Å². The van der Waals surface area contributed by atoms with Crippen LogP contribution in [0.1, 0.15) is 233 Å². The molecule has 2 saturated carbocycles. The van der Waals surface area contributed by atoms with Crippen LogP contribution < -0.4 is 0 Å². The molecule has 8 aromatic rings. The second-order valence-corrected chi connectivity index (χ2v) is 32.1. The highest BCUT2D eigenvalue weighted by molar-refractivity contribution is 6.03. The molecule has 0 amide bonds. The monoisotopic (exact) mass is 1120 g/mol. The van der Waals surface area contributed by atoms with Gasteiger partial charge in [-0.05, 0) is 204 Å². The summed E-state index contributed by atoms with van der Waals surface area (Å²) in [6.07, 6.45) is 21.0. The largest absolute Gasteiger partial charge is 0.248 e. The second-order valence-electron chi connectivity index (χ2n) is 32.1. The molecule has 2 fully saturated rings. The fourth-order valence-electron chi connectivity index (χ4n) is 18.6. The van der Waals surface area contributed by atoms with E-state index in [-0.39, 0.29) is 37.9 Å². The van der Waals surface area contributed by atoms with Crippen LogP contribution in [0.15, 0.2) is 152 Å². The summed E-state index contributed by atoms with van der Waals surface area (Å²) in [4.78, 5) is 5.92. The number of hydrogen-bond donors (Lipinski definition) is 0. The number of benzene rings is 7. The van der Waals surface area contributed by atoms with Crippen molar-refractivity contribution < 1.29 is 0 Å². The van der Waals surface area contributed by atoms with Crippen LogP contribution in [0.3, 0.4) is 0 Å². The SMILES string of the molecule is CCCCCCC1CC23CC(CCCCCC)CC2(C1)c1cc(-c2cc(-c4cc(-c5ccc(C(C)(C)CC(C)(C)C)cc5)cc(-c5ccc(C(C)(C)CC(C)(C)C)cc5)c4)c4cc5c(cc4n2)C(C)(C)c2ccccc2-5)ccc1-c1ccccc13. The molecule has 2 unspecified atom stereocenters. The van der Waals surface area contributed by atoms with E-state index >= 15 is 0 Å². The van der Waals surface area contributed by atoms with E-state index < -0.39 is 0 Å². The molecular formula is C84H101N. The van der Waals surface area contributed by atoms with Crippen molar-refractivity contribution in [2.75, 3.05) is 0 Å². The summed E-state index contributed by atoms with van der Waals surface area (Å²) in [5.74, 6) is 1.50. The van der Waals surface area contributed by atoms with E-state index in [0.717, 1.165) is 35.9 Å². The fraction of sp³-hybridized carbons (Fsp3) is 0.464. The highest BCUT2D eigenvalue weighted by Crippen LogP contribution is 2.73. The van der Waals surface area contributed by atoms with E-state index in [1.54, 1.807) is 11.1 Å². The van der Waals surface area contributed by atoms with Gasteiger partial charge in [-0.2, -0.15) is 0 Å². The van der Waals surface area contributed by atoms with Gasteiger partial charge >= 0.3 is 0 Å². The highest BCUT2D eigenvalue weighted by atomic mass is 14.7. The van der Waals surface area contributed by atoms with Gasteiger partial charge in [0, 0.05) is 27.2 Å². The van der Waals surface area contributed by atoms with Gasteiger partial charge in [-0.3, -0.25) is 0 Å². The number of rotatable bonds is 18. The van der Waals surface area contributed by atoms with Gasteiger partial charge in [-0.25, -0.2) is 4.98 Å². The molecule has 0 spiro atoms. The van der Waals surface area contributed by atoms with Crippen molar-refractivity contribution in [3.8, 4) is 66.9 Å². The van der Waals surface area contributed by atoms with Gasteiger partial charge in [0.05, 0.1) is 11.2 Å².